The highest BCUT2D eigenvalue weighted by Crippen LogP contribution is 2.24. The normalized spacial score (nSPS) is 18.4. The van der Waals surface area contributed by atoms with Gasteiger partial charge in [0.15, 0.2) is 0 Å². The van der Waals surface area contributed by atoms with Crippen LogP contribution in [0.1, 0.15) is 0 Å². The average molecular weight is 320 g/mol. The van der Waals surface area contributed by atoms with Crippen LogP contribution >= 0.6 is 15.9 Å². The lowest BCUT2D eigenvalue weighted by Gasteiger charge is -2.34. The highest BCUT2D eigenvalue weighted by molar-refractivity contribution is 9.10. The molecule has 0 aliphatic carbocycles. The Labute approximate surface area is 110 Å². The minimum Gasteiger partial charge on any atom is -0.353 e. The Bertz CT molecular complexity index is 498. The van der Waals surface area contributed by atoms with Crippen LogP contribution in [0.2, 0.25) is 0 Å². The van der Waals surface area contributed by atoms with Gasteiger partial charge in [0.1, 0.15) is 5.82 Å². The lowest BCUT2D eigenvalue weighted by Crippen LogP contribution is -2.48. The first-order chi connectivity index (χ1) is 7.98. The molecule has 0 saturated carbocycles. The fourth-order valence-corrected chi connectivity index (χ4v) is 3.17. The third kappa shape index (κ3) is 2.97. The highest BCUT2D eigenvalue weighted by atomic mass is 79.9. The van der Waals surface area contributed by atoms with Gasteiger partial charge in [-0.2, -0.15) is 4.31 Å². The van der Waals surface area contributed by atoms with Crippen molar-refractivity contribution in [3.05, 3.63) is 22.8 Å². The van der Waals surface area contributed by atoms with Gasteiger partial charge < -0.3 is 4.90 Å². The van der Waals surface area contributed by atoms with Gasteiger partial charge in [-0.05, 0) is 28.1 Å². The molecule has 1 saturated heterocycles. The molecule has 0 N–H and O–H groups in total. The molecule has 2 rings (SSSR count). The van der Waals surface area contributed by atoms with Crippen LogP contribution in [0, 0.1) is 0 Å². The topological polar surface area (TPSA) is 53.5 Å². The Kier molecular flexibility index (Phi) is 3.70. The maximum Gasteiger partial charge on any atom is 0.211 e. The summed E-state index contributed by atoms with van der Waals surface area (Å²) in [6.07, 6.45) is 2.99. The molecule has 1 aliphatic rings. The van der Waals surface area contributed by atoms with E-state index in [0.717, 1.165) is 10.3 Å². The molecule has 94 valence electrons. The Balaban J connectivity index is 2.08. The second-order valence-electron chi connectivity index (χ2n) is 3.96. The van der Waals surface area contributed by atoms with Crippen molar-refractivity contribution >= 4 is 31.8 Å². The van der Waals surface area contributed by atoms with Crippen molar-refractivity contribution in [1.29, 1.82) is 0 Å². The summed E-state index contributed by atoms with van der Waals surface area (Å²) in [7, 11) is -3.07. The molecule has 2 heterocycles. The number of hydrogen-bond donors (Lipinski definition) is 0. The number of halogens is 1. The Morgan fingerprint density at radius 1 is 1.29 bits per heavy atom. The second-order valence-corrected chi connectivity index (χ2v) is 6.79. The van der Waals surface area contributed by atoms with Gasteiger partial charge >= 0.3 is 0 Å². The monoisotopic (exact) mass is 319 g/mol. The van der Waals surface area contributed by atoms with Gasteiger partial charge in [-0.3, -0.25) is 0 Å². The van der Waals surface area contributed by atoms with E-state index >= 15 is 0 Å². The van der Waals surface area contributed by atoms with Crippen molar-refractivity contribution in [1.82, 2.24) is 9.29 Å². The van der Waals surface area contributed by atoms with Crippen LogP contribution in [-0.4, -0.2) is 50.1 Å². The van der Waals surface area contributed by atoms with Gasteiger partial charge in [0.25, 0.3) is 0 Å². The van der Waals surface area contributed by atoms with Gasteiger partial charge in [0, 0.05) is 32.4 Å². The molecular formula is C10H14BrN3O2S. The maximum atomic E-state index is 11.4. The highest BCUT2D eigenvalue weighted by Gasteiger charge is 2.24. The van der Waals surface area contributed by atoms with E-state index in [1.807, 2.05) is 12.1 Å². The molecule has 0 atom stereocenters. The number of nitrogens with zero attached hydrogens (tertiary/aromatic N) is 3. The van der Waals surface area contributed by atoms with E-state index in [2.05, 4.69) is 25.8 Å². The van der Waals surface area contributed by atoms with Crippen LogP contribution in [0.4, 0.5) is 5.82 Å². The third-order valence-corrected chi connectivity index (χ3v) is 4.67. The van der Waals surface area contributed by atoms with Crippen molar-refractivity contribution in [2.24, 2.45) is 0 Å². The lowest BCUT2D eigenvalue weighted by molar-refractivity contribution is 0.387. The Morgan fingerprint density at radius 3 is 2.47 bits per heavy atom. The minimum absolute atomic E-state index is 0.516. The second kappa shape index (κ2) is 4.91. The molecule has 0 amide bonds. The lowest BCUT2D eigenvalue weighted by atomic mass is 10.3. The van der Waals surface area contributed by atoms with Crippen LogP contribution in [-0.2, 0) is 10.0 Å². The number of anilines is 1. The molecule has 1 aliphatic heterocycles. The number of sulfonamides is 1. The summed E-state index contributed by atoms with van der Waals surface area (Å²) in [5.74, 6) is 0.876. The smallest absolute Gasteiger partial charge is 0.211 e. The van der Waals surface area contributed by atoms with Gasteiger partial charge in [0.2, 0.25) is 10.0 Å². The number of aromatic nitrogens is 1. The quantitative estimate of drug-likeness (QED) is 0.813. The summed E-state index contributed by atoms with van der Waals surface area (Å²) in [5.41, 5.74) is 0. The van der Waals surface area contributed by atoms with E-state index in [9.17, 15) is 8.42 Å². The Morgan fingerprint density at radius 2 is 1.94 bits per heavy atom. The van der Waals surface area contributed by atoms with Gasteiger partial charge in [-0.25, -0.2) is 13.4 Å². The number of rotatable bonds is 2. The SMILES string of the molecule is CS(=O)(=O)N1CCN(c2ncccc2Br)CC1. The molecule has 0 aromatic carbocycles. The van der Waals surface area contributed by atoms with E-state index in [1.165, 1.54) is 10.6 Å². The van der Waals surface area contributed by atoms with Crippen LogP contribution < -0.4 is 4.90 Å². The summed E-state index contributed by atoms with van der Waals surface area (Å²) in [6.45, 7) is 2.37. The number of piperazine rings is 1. The van der Waals surface area contributed by atoms with Gasteiger partial charge in [-0.15, -0.1) is 0 Å². The largest absolute Gasteiger partial charge is 0.353 e. The predicted octanol–water partition coefficient (Wildman–Crippen LogP) is 0.926. The van der Waals surface area contributed by atoms with Crippen LogP contribution in [0.25, 0.3) is 0 Å². The molecule has 1 aromatic rings. The molecule has 17 heavy (non-hydrogen) atoms. The first kappa shape index (κ1) is 12.8. The zero-order valence-electron chi connectivity index (χ0n) is 9.50. The number of pyridine rings is 1. The van der Waals surface area contributed by atoms with E-state index in [4.69, 9.17) is 0 Å². The third-order valence-electron chi connectivity index (χ3n) is 2.75. The zero-order chi connectivity index (χ0) is 12.5. The average Bonchev–Trinajstić information content (AvgIpc) is 2.29. The molecule has 0 radical (unpaired) electrons. The minimum atomic E-state index is -3.07. The Hall–Kier alpha value is -0.660. The molecule has 0 unspecified atom stereocenters. The molecule has 0 bridgehead atoms. The molecule has 5 nitrogen and oxygen atoms in total. The summed E-state index contributed by atoms with van der Waals surface area (Å²) in [6, 6.07) is 3.80. The standard InChI is InChI=1S/C10H14BrN3O2S/c1-17(15,16)14-7-5-13(6-8-14)10-9(11)3-2-4-12-10/h2-4H,5-8H2,1H3. The summed E-state index contributed by atoms with van der Waals surface area (Å²) >= 11 is 3.45. The summed E-state index contributed by atoms with van der Waals surface area (Å²) in [5, 5.41) is 0. The maximum absolute atomic E-state index is 11.4. The molecule has 7 heteroatoms. The van der Waals surface area contributed by atoms with Crippen molar-refractivity contribution in [2.75, 3.05) is 37.3 Å². The van der Waals surface area contributed by atoms with E-state index in [0.29, 0.717) is 26.2 Å². The predicted molar refractivity (Wildman–Crippen MR) is 70.6 cm³/mol. The summed E-state index contributed by atoms with van der Waals surface area (Å²) in [4.78, 5) is 6.39. The molecule has 1 aromatic heterocycles. The molecule has 1 fully saturated rings. The van der Waals surface area contributed by atoms with E-state index in [1.54, 1.807) is 6.20 Å². The molecule has 0 spiro atoms. The van der Waals surface area contributed by atoms with Crippen molar-refractivity contribution < 1.29 is 8.42 Å². The van der Waals surface area contributed by atoms with E-state index < -0.39 is 10.0 Å². The van der Waals surface area contributed by atoms with E-state index in [-0.39, 0.29) is 0 Å². The summed E-state index contributed by atoms with van der Waals surface area (Å²) < 4.78 is 25.2. The first-order valence-corrected chi connectivity index (χ1v) is 7.93. The fraction of sp³-hybridized carbons (Fsp3) is 0.500. The van der Waals surface area contributed by atoms with Gasteiger partial charge in [-0.1, -0.05) is 0 Å². The van der Waals surface area contributed by atoms with Crippen LogP contribution in [0.15, 0.2) is 22.8 Å². The van der Waals surface area contributed by atoms with Gasteiger partial charge in [0.05, 0.1) is 10.7 Å². The fourth-order valence-electron chi connectivity index (χ4n) is 1.84. The van der Waals surface area contributed by atoms with Crippen molar-refractivity contribution in [3.8, 4) is 0 Å². The van der Waals surface area contributed by atoms with Crippen LogP contribution in [0.5, 0.6) is 0 Å². The zero-order valence-corrected chi connectivity index (χ0v) is 11.9. The molecular weight excluding hydrogens is 306 g/mol. The van der Waals surface area contributed by atoms with Crippen molar-refractivity contribution in [2.45, 2.75) is 0 Å². The number of hydrogen-bond acceptors (Lipinski definition) is 4. The van der Waals surface area contributed by atoms with Crippen LogP contribution in [0.3, 0.4) is 0 Å². The first-order valence-electron chi connectivity index (χ1n) is 5.29. The van der Waals surface area contributed by atoms with Crippen molar-refractivity contribution in [3.63, 3.8) is 0 Å².